The van der Waals surface area contributed by atoms with Gasteiger partial charge in [0.15, 0.2) is 0 Å². The summed E-state index contributed by atoms with van der Waals surface area (Å²) in [6.07, 6.45) is 0. The van der Waals surface area contributed by atoms with Gasteiger partial charge in [0, 0.05) is 11.3 Å². The van der Waals surface area contributed by atoms with E-state index in [0.717, 1.165) is 28.3 Å². The van der Waals surface area contributed by atoms with Crippen LogP contribution < -0.4 is 10.1 Å². The fourth-order valence-corrected chi connectivity index (χ4v) is 3.29. The SMILES string of the molecule is COc1ccccc1-c1ccc(SCC(=O)Nc2ccc(C)cc2C)nn1. The number of para-hydroxylation sites is 1. The van der Waals surface area contributed by atoms with Gasteiger partial charge >= 0.3 is 0 Å². The molecule has 0 radical (unpaired) electrons. The molecule has 0 fully saturated rings. The number of rotatable bonds is 6. The van der Waals surface area contributed by atoms with E-state index in [9.17, 15) is 4.79 Å². The number of hydrogen-bond donors (Lipinski definition) is 1. The van der Waals surface area contributed by atoms with Gasteiger partial charge in [0.2, 0.25) is 5.91 Å². The second-order valence-electron chi connectivity index (χ2n) is 6.11. The van der Waals surface area contributed by atoms with E-state index in [1.807, 2.05) is 68.4 Å². The zero-order valence-corrected chi connectivity index (χ0v) is 16.3. The number of nitrogens with zero attached hydrogens (tertiary/aromatic N) is 2. The number of nitrogens with one attached hydrogen (secondary N) is 1. The van der Waals surface area contributed by atoms with Crippen molar-refractivity contribution < 1.29 is 9.53 Å². The summed E-state index contributed by atoms with van der Waals surface area (Å²) in [5.74, 6) is 0.957. The number of methoxy groups -OCH3 is 1. The molecule has 3 rings (SSSR count). The summed E-state index contributed by atoms with van der Waals surface area (Å²) in [5, 5.41) is 12.1. The molecule has 0 aliphatic rings. The van der Waals surface area contributed by atoms with Crippen molar-refractivity contribution in [2.45, 2.75) is 18.9 Å². The molecule has 6 heteroatoms. The van der Waals surface area contributed by atoms with Crippen molar-refractivity contribution >= 4 is 23.4 Å². The lowest BCUT2D eigenvalue weighted by Crippen LogP contribution is -2.15. The van der Waals surface area contributed by atoms with E-state index in [1.54, 1.807) is 7.11 Å². The molecule has 0 spiro atoms. The fraction of sp³-hybridized carbons (Fsp3) is 0.190. The molecule has 5 nitrogen and oxygen atoms in total. The molecular formula is C21H21N3O2S. The molecule has 1 N–H and O–H groups in total. The maximum atomic E-state index is 12.2. The Morgan fingerprint density at radius 1 is 1.07 bits per heavy atom. The summed E-state index contributed by atoms with van der Waals surface area (Å²) in [5.41, 5.74) is 4.68. The van der Waals surface area contributed by atoms with E-state index in [1.165, 1.54) is 17.3 Å². The number of aromatic nitrogens is 2. The Hall–Kier alpha value is -2.86. The molecule has 2 aromatic carbocycles. The highest BCUT2D eigenvalue weighted by atomic mass is 32.2. The van der Waals surface area contributed by atoms with Crippen molar-refractivity contribution in [3.05, 3.63) is 65.7 Å². The number of aryl methyl sites for hydroxylation is 2. The maximum Gasteiger partial charge on any atom is 0.234 e. The number of anilines is 1. The van der Waals surface area contributed by atoms with Crippen LogP contribution in [0.1, 0.15) is 11.1 Å². The van der Waals surface area contributed by atoms with Crippen LogP contribution in [0.3, 0.4) is 0 Å². The molecule has 0 aliphatic carbocycles. The molecule has 1 amide bonds. The minimum Gasteiger partial charge on any atom is -0.496 e. The molecule has 0 saturated carbocycles. The van der Waals surface area contributed by atoms with Gasteiger partial charge in [-0.25, -0.2) is 0 Å². The number of hydrogen-bond acceptors (Lipinski definition) is 5. The number of carbonyl (C=O) groups is 1. The average Bonchev–Trinajstić information content (AvgIpc) is 2.69. The summed E-state index contributed by atoms with van der Waals surface area (Å²) >= 11 is 1.35. The number of ether oxygens (including phenoxy) is 1. The van der Waals surface area contributed by atoms with Gasteiger partial charge in [-0.15, -0.1) is 10.2 Å². The van der Waals surface area contributed by atoms with Gasteiger partial charge in [-0.2, -0.15) is 0 Å². The predicted molar refractivity (Wildman–Crippen MR) is 109 cm³/mol. The summed E-state index contributed by atoms with van der Waals surface area (Å²) < 4.78 is 5.36. The highest BCUT2D eigenvalue weighted by Gasteiger charge is 2.09. The largest absolute Gasteiger partial charge is 0.496 e. The van der Waals surface area contributed by atoms with Crippen LogP contribution >= 0.6 is 11.8 Å². The summed E-state index contributed by atoms with van der Waals surface area (Å²) in [7, 11) is 1.63. The van der Waals surface area contributed by atoms with Crippen LogP contribution in [-0.4, -0.2) is 29.0 Å². The standard InChI is InChI=1S/C21H21N3O2S/c1-14-8-9-17(15(2)12-14)22-20(25)13-27-21-11-10-18(23-24-21)16-6-4-5-7-19(16)26-3/h4-12H,13H2,1-3H3,(H,22,25). The molecule has 0 bridgehead atoms. The molecule has 0 saturated heterocycles. The van der Waals surface area contributed by atoms with E-state index >= 15 is 0 Å². The van der Waals surface area contributed by atoms with Crippen molar-refractivity contribution in [1.82, 2.24) is 10.2 Å². The van der Waals surface area contributed by atoms with Crippen molar-refractivity contribution in [1.29, 1.82) is 0 Å². The Balaban J connectivity index is 1.61. The van der Waals surface area contributed by atoms with Gasteiger partial charge in [0.05, 0.1) is 18.6 Å². The molecule has 1 aromatic heterocycles. The van der Waals surface area contributed by atoms with E-state index in [-0.39, 0.29) is 11.7 Å². The minimum atomic E-state index is -0.0671. The molecular weight excluding hydrogens is 358 g/mol. The van der Waals surface area contributed by atoms with Crippen molar-refractivity contribution in [3.63, 3.8) is 0 Å². The zero-order chi connectivity index (χ0) is 19.2. The third-order valence-corrected chi connectivity index (χ3v) is 4.95. The summed E-state index contributed by atoms with van der Waals surface area (Å²) in [6, 6.07) is 17.4. The Labute approximate surface area is 163 Å². The number of thioether (sulfide) groups is 1. The summed E-state index contributed by atoms with van der Waals surface area (Å²) in [6.45, 7) is 4.01. The average molecular weight is 379 g/mol. The van der Waals surface area contributed by atoms with Crippen molar-refractivity contribution in [3.8, 4) is 17.0 Å². The van der Waals surface area contributed by atoms with Crippen LogP contribution in [0.4, 0.5) is 5.69 Å². The van der Waals surface area contributed by atoms with E-state index in [4.69, 9.17) is 4.74 Å². The first-order valence-electron chi connectivity index (χ1n) is 8.54. The molecule has 0 unspecified atom stereocenters. The lowest BCUT2D eigenvalue weighted by Gasteiger charge is -2.09. The van der Waals surface area contributed by atoms with Crippen molar-refractivity contribution in [2.24, 2.45) is 0 Å². The van der Waals surface area contributed by atoms with Crippen molar-refractivity contribution in [2.75, 3.05) is 18.2 Å². The Morgan fingerprint density at radius 2 is 1.89 bits per heavy atom. The van der Waals surface area contributed by atoms with Gasteiger partial charge in [-0.1, -0.05) is 41.6 Å². The first-order valence-corrected chi connectivity index (χ1v) is 9.52. The van der Waals surface area contributed by atoms with E-state index in [0.29, 0.717) is 5.03 Å². The third-order valence-electron chi connectivity index (χ3n) is 4.03. The molecule has 27 heavy (non-hydrogen) atoms. The third kappa shape index (κ3) is 4.86. The summed E-state index contributed by atoms with van der Waals surface area (Å²) in [4.78, 5) is 12.2. The van der Waals surface area contributed by atoms with Gasteiger partial charge in [0.25, 0.3) is 0 Å². The van der Waals surface area contributed by atoms with Gasteiger partial charge < -0.3 is 10.1 Å². The molecule has 0 atom stereocenters. The fourth-order valence-electron chi connectivity index (χ4n) is 2.68. The quantitative estimate of drug-likeness (QED) is 0.639. The van der Waals surface area contributed by atoms with Gasteiger partial charge in [-0.05, 0) is 49.7 Å². The second-order valence-corrected chi connectivity index (χ2v) is 7.11. The van der Waals surface area contributed by atoms with Gasteiger partial charge in [0.1, 0.15) is 10.8 Å². The number of carbonyl (C=O) groups excluding carboxylic acids is 1. The molecule has 0 aliphatic heterocycles. The van der Waals surface area contributed by atoms with Crippen LogP contribution in [0.5, 0.6) is 5.75 Å². The monoisotopic (exact) mass is 379 g/mol. The van der Waals surface area contributed by atoms with Crippen LogP contribution in [0.15, 0.2) is 59.6 Å². The Morgan fingerprint density at radius 3 is 2.59 bits per heavy atom. The molecule has 138 valence electrons. The van der Waals surface area contributed by atoms with E-state index < -0.39 is 0 Å². The molecule has 3 aromatic rings. The maximum absolute atomic E-state index is 12.2. The lowest BCUT2D eigenvalue weighted by atomic mass is 10.1. The van der Waals surface area contributed by atoms with Crippen LogP contribution in [0, 0.1) is 13.8 Å². The second kappa shape index (κ2) is 8.68. The van der Waals surface area contributed by atoms with E-state index in [2.05, 4.69) is 15.5 Å². The highest BCUT2D eigenvalue weighted by molar-refractivity contribution is 7.99. The highest BCUT2D eigenvalue weighted by Crippen LogP contribution is 2.28. The molecule has 1 heterocycles. The number of benzene rings is 2. The van der Waals surface area contributed by atoms with Crippen LogP contribution in [0.2, 0.25) is 0 Å². The lowest BCUT2D eigenvalue weighted by molar-refractivity contribution is -0.113. The first kappa shape index (κ1) is 18.9. The normalized spacial score (nSPS) is 10.5. The van der Waals surface area contributed by atoms with Gasteiger partial charge in [-0.3, -0.25) is 4.79 Å². The Kier molecular flexibility index (Phi) is 6.08. The predicted octanol–water partition coefficient (Wildman–Crippen LogP) is 4.50. The zero-order valence-electron chi connectivity index (χ0n) is 15.5. The first-order chi connectivity index (χ1) is 13.1. The topological polar surface area (TPSA) is 64.1 Å². The Bertz CT molecular complexity index is 942. The van der Waals surface area contributed by atoms with Crippen LogP contribution in [-0.2, 0) is 4.79 Å². The minimum absolute atomic E-state index is 0.0671. The van der Waals surface area contributed by atoms with Crippen LogP contribution in [0.25, 0.3) is 11.3 Å². The smallest absolute Gasteiger partial charge is 0.234 e. The number of amides is 1.